The van der Waals surface area contributed by atoms with Crippen molar-refractivity contribution in [1.82, 2.24) is 4.98 Å². The molecule has 1 aromatic rings. The summed E-state index contributed by atoms with van der Waals surface area (Å²) in [5.41, 5.74) is 6.49. The molecule has 72 valence electrons. The molecule has 1 aliphatic rings. The third-order valence-corrected chi connectivity index (χ3v) is 3.41. The Hall–Kier alpha value is -0.450. The first-order chi connectivity index (χ1) is 6.35. The Balaban J connectivity index is 2.10. The first-order valence-corrected chi connectivity index (χ1v) is 5.49. The standard InChI is InChI=1S/C9H14N2OS/c10-3-7(4-12)8-5-13-9(11-8)6-1-2-6/h5-7,12H,1-4,10H2. The average molecular weight is 198 g/mol. The van der Waals surface area contributed by atoms with Crippen LogP contribution in [-0.4, -0.2) is 23.2 Å². The molecule has 13 heavy (non-hydrogen) atoms. The summed E-state index contributed by atoms with van der Waals surface area (Å²) in [5, 5.41) is 12.3. The van der Waals surface area contributed by atoms with Gasteiger partial charge in [-0.15, -0.1) is 11.3 Å². The molecule has 1 fully saturated rings. The van der Waals surface area contributed by atoms with E-state index in [1.165, 1.54) is 17.8 Å². The third kappa shape index (κ3) is 1.90. The molecule has 0 aliphatic heterocycles. The van der Waals surface area contributed by atoms with E-state index in [4.69, 9.17) is 10.8 Å². The lowest BCUT2D eigenvalue weighted by atomic mass is 10.1. The molecule has 3 N–H and O–H groups in total. The highest BCUT2D eigenvalue weighted by Crippen LogP contribution is 2.41. The van der Waals surface area contributed by atoms with E-state index in [2.05, 4.69) is 4.98 Å². The van der Waals surface area contributed by atoms with Crippen molar-refractivity contribution in [2.24, 2.45) is 5.73 Å². The predicted octanol–water partition coefficient (Wildman–Crippen LogP) is 1.06. The molecule has 1 aliphatic carbocycles. The lowest BCUT2D eigenvalue weighted by Gasteiger charge is -2.06. The van der Waals surface area contributed by atoms with Crippen LogP contribution in [0.2, 0.25) is 0 Å². The van der Waals surface area contributed by atoms with Crippen LogP contribution in [0, 0.1) is 0 Å². The molecule has 1 unspecified atom stereocenters. The van der Waals surface area contributed by atoms with Gasteiger partial charge >= 0.3 is 0 Å². The van der Waals surface area contributed by atoms with Crippen LogP contribution >= 0.6 is 11.3 Å². The Kier molecular flexibility index (Phi) is 2.62. The topological polar surface area (TPSA) is 59.1 Å². The number of hydrogen-bond acceptors (Lipinski definition) is 4. The Morgan fingerprint density at radius 1 is 1.69 bits per heavy atom. The van der Waals surface area contributed by atoms with E-state index in [0.717, 1.165) is 5.69 Å². The summed E-state index contributed by atoms with van der Waals surface area (Å²) < 4.78 is 0. The summed E-state index contributed by atoms with van der Waals surface area (Å²) in [5.74, 6) is 0.736. The molecule has 0 saturated heterocycles. The number of aromatic nitrogens is 1. The van der Waals surface area contributed by atoms with E-state index >= 15 is 0 Å². The smallest absolute Gasteiger partial charge is 0.0959 e. The second kappa shape index (κ2) is 3.74. The molecule has 0 aromatic carbocycles. The van der Waals surface area contributed by atoms with Gasteiger partial charge in [0.15, 0.2) is 0 Å². The highest BCUT2D eigenvalue weighted by molar-refractivity contribution is 7.09. The van der Waals surface area contributed by atoms with Crippen molar-refractivity contribution in [3.8, 4) is 0 Å². The van der Waals surface area contributed by atoms with E-state index < -0.39 is 0 Å². The minimum Gasteiger partial charge on any atom is -0.396 e. The van der Waals surface area contributed by atoms with E-state index in [9.17, 15) is 0 Å². The number of thiazole rings is 1. The number of hydrogen-bond donors (Lipinski definition) is 2. The largest absolute Gasteiger partial charge is 0.396 e. The highest BCUT2D eigenvalue weighted by atomic mass is 32.1. The second-order valence-electron chi connectivity index (χ2n) is 3.50. The zero-order valence-electron chi connectivity index (χ0n) is 7.44. The maximum Gasteiger partial charge on any atom is 0.0959 e. The minimum atomic E-state index is 0.0312. The van der Waals surface area contributed by atoms with Crippen molar-refractivity contribution in [2.75, 3.05) is 13.2 Å². The summed E-state index contributed by atoms with van der Waals surface area (Å²) in [6.45, 7) is 0.578. The predicted molar refractivity (Wildman–Crippen MR) is 53.0 cm³/mol. The van der Waals surface area contributed by atoms with E-state index in [-0.39, 0.29) is 12.5 Å². The van der Waals surface area contributed by atoms with Crippen molar-refractivity contribution in [2.45, 2.75) is 24.7 Å². The fourth-order valence-corrected chi connectivity index (χ4v) is 2.37. The number of aliphatic hydroxyl groups is 1. The first kappa shape index (κ1) is 9.12. The van der Waals surface area contributed by atoms with Gasteiger partial charge in [-0.1, -0.05) is 0 Å². The molecule has 3 nitrogen and oxygen atoms in total. The van der Waals surface area contributed by atoms with Gasteiger partial charge in [0.05, 0.1) is 17.3 Å². The fraction of sp³-hybridized carbons (Fsp3) is 0.667. The van der Waals surface area contributed by atoms with Crippen molar-refractivity contribution in [3.63, 3.8) is 0 Å². The average Bonchev–Trinajstić information content (AvgIpc) is 2.89. The molecule has 0 radical (unpaired) electrons. The Bertz CT molecular complexity index is 279. The van der Waals surface area contributed by atoms with E-state index in [1.807, 2.05) is 5.38 Å². The molecule has 1 heterocycles. The molecule has 1 aromatic heterocycles. The van der Waals surface area contributed by atoms with Crippen molar-refractivity contribution >= 4 is 11.3 Å². The third-order valence-electron chi connectivity index (χ3n) is 2.39. The van der Waals surface area contributed by atoms with Crippen LogP contribution < -0.4 is 5.73 Å². The molecule has 4 heteroatoms. The van der Waals surface area contributed by atoms with E-state index in [0.29, 0.717) is 12.5 Å². The van der Waals surface area contributed by atoms with E-state index in [1.54, 1.807) is 11.3 Å². The van der Waals surface area contributed by atoms with Gasteiger partial charge in [-0.05, 0) is 12.8 Å². The van der Waals surface area contributed by atoms with Gasteiger partial charge in [0.2, 0.25) is 0 Å². The van der Waals surface area contributed by atoms with Gasteiger partial charge in [-0.2, -0.15) is 0 Å². The number of aliphatic hydroxyl groups excluding tert-OH is 1. The van der Waals surface area contributed by atoms with Crippen LogP contribution in [0.25, 0.3) is 0 Å². The maximum absolute atomic E-state index is 9.03. The first-order valence-electron chi connectivity index (χ1n) is 4.61. The normalized spacial score (nSPS) is 18.9. The minimum absolute atomic E-state index is 0.0312. The van der Waals surface area contributed by atoms with Gasteiger partial charge in [-0.3, -0.25) is 0 Å². The fourth-order valence-electron chi connectivity index (χ4n) is 1.29. The molecular formula is C9H14N2OS. The molecule has 1 atom stereocenters. The molecular weight excluding hydrogens is 184 g/mol. The molecule has 1 saturated carbocycles. The zero-order valence-corrected chi connectivity index (χ0v) is 8.26. The van der Waals surface area contributed by atoms with Crippen LogP contribution in [0.15, 0.2) is 5.38 Å². The number of rotatable bonds is 4. The lowest BCUT2D eigenvalue weighted by Crippen LogP contribution is -2.16. The Labute approximate surface area is 81.6 Å². The van der Waals surface area contributed by atoms with Crippen LogP contribution in [0.4, 0.5) is 0 Å². The molecule has 0 bridgehead atoms. The van der Waals surface area contributed by atoms with Crippen molar-refractivity contribution in [1.29, 1.82) is 0 Å². The molecule has 0 amide bonds. The summed E-state index contributed by atoms with van der Waals surface area (Å²) in [7, 11) is 0. The second-order valence-corrected chi connectivity index (χ2v) is 4.39. The molecule has 2 rings (SSSR count). The number of nitrogens with zero attached hydrogens (tertiary/aromatic N) is 1. The van der Waals surface area contributed by atoms with Gasteiger partial charge in [0.1, 0.15) is 0 Å². The summed E-state index contributed by atoms with van der Waals surface area (Å²) in [4.78, 5) is 4.49. The highest BCUT2D eigenvalue weighted by Gasteiger charge is 2.27. The van der Waals surface area contributed by atoms with Crippen molar-refractivity contribution < 1.29 is 5.11 Å². The van der Waals surface area contributed by atoms with Crippen LogP contribution in [0.3, 0.4) is 0 Å². The van der Waals surface area contributed by atoms with Gasteiger partial charge in [-0.25, -0.2) is 4.98 Å². The van der Waals surface area contributed by atoms with Crippen LogP contribution in [0.5, 0.6) is 0 Å². The lowest BCUT2D eigenvalue weighted by molar-refractivity contribution is 0.266. The SMILES string of the molecule is NCC(CO)c1csc(C2CC2)n1. The monoisotopic (exact) mass is 198 g/mol. The Morgan fingerprint density at radius 2 is 2.46 bits per heavy atom. The maximum atomic E-state index is 9.03. The summed E-state index contributed by atoms with van der Waals surface area (Å²) >= 11 is 1.70. The Morgan fingerprint density at radius 3 is 3.00 bits per heavy atom. The van der Waals surface area contributed by atoms with Crippen LogP contribution in [-0.2, 0) is 0 Å². The van der Waals surface area contributed by atoms with Gasteiger partial charge in [0, 0.05) is 23.8 Å². The zero-order chi connectivity index (χ0) is 9.26. The van der Waals surface area contributed by atoms with Gasteiger partial charge in [0.25, 0.3) is 0 Å². The number of nitrogens with two attached hydrogens (primary N) is 1. The quantitative estimate of drug-likeness (QED) is 0.760. The summed E-state index contributed by atoms with van der Waals surface area (Å²) in [6.07, 6.45) is 2.55. The van der Waals surface area contributed by atoms with Crippen LogP contribution in [0.1, 0.15) is 35.4 Å². The van der Waals surface area contributed by atoms with Crippen molar-refractivity contribution in [3.05, 3.63) is 16.1 Å². The molecule has 0 spiro atoms. The summed E-state index contributed by atoms with van der Waals surface area (Å²) in [6, 6.07) is 0. The van der Waals surface area contributed by atoms with Gasteiger partial charge < -0.3 is 10.8 Å².